The Kier molecular flexibility index (Phi) is 6.84. The van der Waals surface area contributed by atoms with Gasteiger partial charge < -0.3 is 16.0 Å². The number of anilines is 4. The number of nitrogens with zero attached hydrogens (tertiary/aromatic N) is 4. The first kappa shape index (κ1) is 19.1. The summed E-state index contributed by atoms with van der Waals surface area (Å²) >= 11 is 0. The van der Waals surface area contributed by atoms with Crippen molar-refractivity contribution in [2.45, 2.75) is 27.7 Å². The highest BCUT2D eigenvalue weighted by atomic mass is 16.1. The number of nitrogens with one attached hydrogen (secondary N) is 4. The van der Waals surface area contributed by atoms with E-state index < -0.39 is 0 Å². The Morgan fingerprint density at radius 3 is 2.19 bits per heavy atom. The third-order valence-corrected chi connectivity index (χ3v) is 3.23. The molecule has 1 aromatic carbocycles. The van der Waals surface area contributed by atoms with Crippen LogP contribution in [0.15, 0.2) is 29.4 Å². The van der Waals surface area contributed by atoms with E-state index in [4.69, 9.17) is 0 Å². The normalized spacial score (nSPS) is 11.0. The van der Waals surface area contributed by atoms with Gasteiger partial charge in [-0.05, 0) is 38.5 Å². The number of rotatable bonds is 8. The van der Waals surface area contributed by atoms with E-state index in [1.807, 2.05) is 45.0 Å². The van der Waals surface area contributed by atoms with Crippen LogP contribution in [0.1, 0.15) is 33.3 Å². The number of aromatic nitrogens is 3. The van der Waals surface area contributed by atoms with Crippen LogP contribution in [0, 0.1) is 0 Å². The molecule has 9 heteroatoms. The lowest BCUT2D eigenvalue weighted by Gasteiger charge is -2.09. The van der Waals surface area contributed by atoms with Gasteiger partial charge in [-0.1, -0.05) is 12.1 Å². The van der Waals surface area contributed by atoms with Crippen molar-refractivity contribution in [2.24, 2.45) is 5.10 Å². The highest BCUT2D eigenvalue weighted by Crippen LogP contribution is 2.13. The molecule has 0 unspecified atom stereocenters. The standard InChI is InChI=1S/C17H24N8O/c1-5-18-15-21-16(19-6-2)23-17(22-15)25-24-11(3)13-8-7-9-14(10-13)20-12(4)26/h7-10H,5-6H2,1-4H3,(H,20,26)(H3,18,19,21,22,23,25). The molecule has 9 nitrogen and oxygen atoms in total. The Morgan fingerprint density at radius 2 is 1.62 bits per heavy atom. The van der Waals surface area contributed by atoms with E-state index in [0.717, 1.165) is 11.3 Å². The number of hydrazone groups is 1. The molecule has 0 aliphatic carbocycles. The molecule has 1 heterocycles. The molecule has 1 aromatic heterocycles. The van der Waals surface area contributed by atoms with Crippen molar-refractivity contribution in [3.05, 3.63) is 29.8 Å². The summed E-state index contributed by atoms with van der Waals surface area (Å²) in [7, 11) is 0. The summed E-state index contributed by atoms with van der Waals surface area (Å²) in [6, 6.07) is 7.44. The first-order chi connectivity index (χ1) is 12.5. The van der Waals surface area contributed by atoms with Crippen molar-refractivity contribution in [3.8, 4) is 0 Å². The van der Waals surface area contributed by atoms with Crippen LogP contribution >= 0.6 is 0 Å². The van der Waals surface area contributed by atoms with Gasteiger partial charge in [0.15, 0.2) is 0 Å². The largest absolute Gasteiger partial charge is 0.354 e. The third kappa shape index (κ3) is 5.69. The molecule has 0 radical (unpaired) electrons. The average Bonchev–Trinajstić information content (AvgIpc) is 2.60. The van der Waals surface area contributed by atoms with Gasteiger partial charge >= 0.3 is 0 Å². The minimum Gasteiger partial charge on any atom is -0.354 e. The van der Waals surface area contributed by atoms with Crippen LogP contribution in [0.3, 0.4) is 0 Å². The Hall–Kier alpha value is -3.23. The van der Waals surface area contributed by atoms with Crippen LogP contribution in [-0.2, 0) is 4.79 Å². The molecule has 138 valence electrons. The van der Waals surface area contributed by atoms with Gasteiger partial charge in [0.2, 0.25) is 23.8 Å². The molecule has 0 aliphatic heterocycles. The van der Waals surface area contributed by atoms with Gasteiger partial charge in [-0.3, -0.25) is 4.79 Å². The van der Waals surface area contributed by atoms with Gasteiger partial charge in [-0.2, -0.15) is 20.1 Å². The van der Waals surface area contributed by atoms with E-state index in [-0.39, 0.29) is 5.91 Å². The predicted molar refractivity (Wildman–Crippen MR) is 105 cm³/mol. The molecular weight excluding hydrogens is 332 g/mol. The van der Waals surface area contributed by atoms with E-state index in [1.165, 1.54) is 6.92 Å². The highest BCUT2D eigenvalue weighted by Gasteiger charge is 2.06. The number of hydrogen-bond acceptors (Lipinski definition) is 8. The smallest absolute Gasteiger partial charge is 0.250 e. The van der Waals surface area contributed by atoms with Gasteiger partial charge in [0.25, 0.3) is 0 Å². The van der Waals surface area contributed by atoms with Gasteiger partial charge in [0.05, 0.1) is 5.71 Å². The maximum atomic E-state index is 11.2. The number of hydrogen-bond donors (Lipinski definition) is 4. The summed E-state index contributed by atoms with van der Waals surface area (Å²) in [5.74, 6) is 1.17. The summed E-state index contributed by atoms with van der Waals surface area (Å²) in [6.07, 6.45) is 0. The fraction of sp³-hybridized carbons (Fsp3) is 0.353. The topological polar surface area (TPSA) is 116 Å². The van der Waals surface area contributed by atoms with Crippen molar-refractivity contribution in [3.63, 3.8) is 0 Å². The lowest BCUT2D eigenvalue weighted by Crippen LogP contribution is -2.11. The summed E-state index contributed by atoms with van der Waals surface area (Å²) in [6.45, 7) is 8.67. The van der Waals surface area contributed by atoms with Crippen molar-refractivity contribution >= 4 is 35.2 Å². The fourth-order valence-electron chi connectivity index (χ4n) is 2.12. The van der Waals surface area contributed by atoms with Gasteiger partial charge in [0, 0.05) is 25.7 Å². The zero-order valence-corrected chi connectivity index (χ0v) is 15.4. The molecule has 0 fully saturated rings. The zero-order chi connectivity index (χ0) is 18.9. The average molecular weight is 356 g/mol. The molecule has 0 aliphatic rings. The highest BCUT2D eigenvalue weighted by molar-refractivity contribution is 6.00. The van der Waals surface area contributed by atoms with E-state index in [2.05, 4.69) is 41.4 Å². The van der Waals surface area contributed by atoms with Crippen LogP contribution in [0.4, 0.5) is 23.5 Å². The van der Waals surface area contributed by atoms with Crippen LogP contribution in [0.2, 0.25) is 0 Å². The SMILES string of the molecule is CCNc1nc(NCC)nc(NN=C(C)c2cccc(NC(C)=O)c2)n1. The summed E-state index contributed by atoms with van der Waals surface area (Å²) in [5, 5.41) is 13.2. The van der Waals surface area contributed by atoms with Crippen molar-refractivity contribution in [1.29, 1.82) is 0 Å². The number of amides is 1. The molecule has 2 aromatic rings. The molecule has 2 rings (SSSR count). The lowest BCUT2D eigenvalue weighted by molar-refractivity contribution is -0.114. The molecule has 1 amide bonds. The second-order valence-corrected chi connectivity index (χ2v) is 5.44. The molecule has 0 atom stereocenters. The van der Waals surface area contributed by atoms with Crippen LogP contribution in [-0.4, -0.2) is 39.7 Å². The number of carbonyl (C=O) groups is 1. The molecule has 4 N–H and O–H groups in total. The molecule has 0 saturated heterocycles. The molecule has 0 spiro atoms. The minimum absolute atomic E-state index is 0.119. The van der Waals surface area contributed by atoms with Crippen molar-refractivity contribution in [1.82, 2.24) is 15.0 Å². The first-order valence-electron chi connectivity index (χ1n) is 8.44. The zero-order valence-electron chi connectivity index (χ0n) is 15.4. The minimum atomic E-state index is -0.119. The Morgan fingerprint density at radius 1 is 1.00 bits per heavy atom. The van der Waals surface area contributed by atoms with E-state index >= 15 is 0 Å². The first-order valence-corrected chi connectivity index (χ1v) is 8.44. The van der Waals surface area contributed by atoms with Gasteiger partial charge in [0.1, 0.15) is 0 Å². The van der Waals surface area contributed by atoms with Crippen LogP contribution in [0.5, 0.6) is 0 Å². The number of benzene rings is 1. The molecule has 0 saturated carbocycles. The monoisotopic (exact) mass is 356 g/mol. The van der Waals surface area contributed by atoms with Crippen molar-refractivity contribution < 1.29 is 4.79 Å². The summed E-state index contributed by atoms with van der Waals surface area (Å²) in [4.78, 5) is 24.0. The fourth-order valence-corrected chi connectivity index (χ4v) is 2.12. The molecular formula is C17H24N8O. The maximum Gasteiger partial charge on any atom is 0.250 e. The third-order valence-electron chi connectivity index (χ3n) is 3.23. The molecule has 0 bridgehead atoms. The van der Waals surface area contributed by atoms with Gasteiger partial charge in [-0.15, -0.1) is 0 Å². The van der Waals surface area contributed by atoms with E-state index in [9.17, 15) is 4.79 Å². The van der Waals surface area contributed by atoms with Crippen LogP contribution in [0.25, 0.3) is 0 Å². The Bertz CT molecular complexity index is 766. The number of carbonyl (C=O) groups excluding carboxylic acids is 1. The second kappa shape index (κ2) is 9.30. The Balaban J connectivity index is 2.18. The second-order valence-electron chi connectivity index (χ2n) is 5.44. The van der Waals surface area contributed by atoms with Crippen LogP contribution < -0.4 is 21.4 Å². The van der Waals surface area contributed by atoms with E-state index in [0.29, 0.717) is 36.6 Å². The Labute approximate surface area is 152 Å². The molecule has 26 heavy (non-hydrogen) atoms. The van der Waals surface area contributed by atoms with Crippen molar-refractivity contribution in [2.75, 3.05) is 34.5 Å². The van der Waals surface area contributed by atoms with Gasteiger partial charge in [-0.25, -0.2) is 5.43 Å². The summed E-state index contributed by atoms with van der Waals surface area (Å²) in [5.41, 5.74) is 5.18. The summed E-state index contributed by atoms with van der Waals surface area (Å²) < 4.78 is 0. The predicted octanol–water partition coefficient (Wildman–Crippen LogP) is 2.53. The quantitative estimate of drug-likeness (QED) is 0.424. The van der Waals surface area contributed by atoms with E-state index in [1.54, 1.807) is 0 Å². The lowest BCUT2D eigenvalue weighted by atomic mass is 10.1. The maximum absolute atomic E-state index is 11.2.